The maximum Gasteiger partial charge on any atom is 0.459 e. The number of hydrogen-bond acceptors (Lipinski definition) is 10. The van der Waals surface area contributed by atoms with E-state index in [0.29, 0.717) is 4.57 Å². The Morgan fingerprint density at radius 3 is 2.58 bits per heavy atom. The lowest BCUT2D eigenvalue weighted by molar-refractivity contribution is -0.149. The second-order valence-electron chi connectivity index (χ2n) is 8.22. The van der Waals surface area contributed by atoms with Crippen molar-refractivity contribution in [1.29, 1.82) is 0 Å². The molecule has 0 spiro atoms. The monoisotopic (exact) mass is 532 g/mol. The molecule has 1 aliphatic rings. The number of aliphatic hydroxyl groups excluding tert-OH is 1. The van der Waals surface area contributed by atoms with Gasteiger partial charge in [0.15, 0.2) is 6.10 Å². The fourth-order valence-electron chi connectivity index (χ4n) is 3.22. The molecule has 0 aliphatic carbocycles. The van der Waals surface area contributed by atoms with Gasteiger partial charge in [-0.2, -0.15) is 18.9 Å². The largest absolute Gasteiger partial charge is 0.462 e. The smallest absolute Gasteiger partial charge is 0.459 e. The Balaban J connectivity index is 1.79. The SMILES string of the molecule is CC(C)OC(=O)[C@@H](C)NP(=O)(OC[C@H]1OC(n2ccc(N)nc2=O)C(F)(F)[C@@H]1O)Oc1ccccc1. The van der Waals surface area contributed by atoms with Gasteiger partial charge in [0.25, 0.3) is 0 Å². The Hall–Kier alpha value is -2.90. The zero-order chi connectivity index (χ0) is 26.7. The van der Waals surface area contributed by atoms with Crippen LogP contribution >= 0.6 is 7.75 Å². The summed E-state index contributed by atoms with van der Waals surface area (Å²) in [7, 11) is -4.41. The average molecular weight is 532 g/mol. The minimum Gasteiger partial charge on any atom is -0.462 e. The molecule has 1 aliphatic heterocycles. The van der Waals surface area contributed by atoms with E-state index in [-0.39, 0.29) is 11.6 Å². The molecule has 12 nitrogen and oxygen atoms in total. The molecule has 2 aromatic rings. The number of nitrogens with two attached hydrogens (primary N) is 1. The Kier molecular flexibility index (Phi) is 8.47. The van der Waals surface area contributed by atoms with Crippen molar-refractivity contribution in [3.8, 4) is 5.75 Å². The fourth-order valence-corrected chi connectivity index (χ4v) is 4.72. The first kappa shape index (κ1) is 27.7. The summed E-state index contributed by atoms with van der Waals surface area (Å²) in [5.41, 5.74) is 4.27. The van der Waals surface area contributed by atoms with Gasteiger partial charge in [0, 0.05) is 6.20 Å². The van der Waals surface area contributed by atoms with Crippen molar-refractivity contribution in [2.45, 2.75) is 57.3 Å². The number of nitrogens with zero attached hydrogens (tertiary/aromatic N) is 2. The molecule has 1 aromatic heterocycles. The molecule has 2 unspecified atom stereocenters. The number of aromatic nitrogens is 2. The van der Waals surface area contributed by atoms with Gasteiger partial charge >= 0.3 is 25.3 Å². The van der Waals surface area contributed by atoms with E-state index >= 15 is 0 Å². The van der Waals surface area contributed by atoms with Crippen LogP contribution in [0.2, 0.25) is 0 Å². The molecule has 4 N–H and O–H groups in total. The zero-order valence-electron chi connectivity index (χ0n) is 19.6. The van der Waals surface area contributed by atoms with Gasteiger partial charge in [0.1, 0.15) is 23.7 Å². The van der Waals surface area contributed by atoms with Crippen molar-refractivity contribution in [1.82, 2.24) is 14.6 Å². The van der Waals surface area contributed by atoms with Crippen LogP contribution in [0.4, 0.5) is 14.6 Å². The lowest BCUT2D eigenvalue weighted by atomic mass is 10.1. The number of esters is 1. The van der Waals surface area contributed by atoms with Crippen LogP contribution < -0.4 is 21.0 Å². The van der Waals surface area contributed by atoms with Crippen LogP contribution in [0.1, 0.15) is 27.0 Å². The molecule has 1 saturated heterocycles. The van der Waals surface area contributed by atoms with E-state index in [4.69, 9.17) is 24.3 Å². The van der Waals surface area contributed by atoms with E-state index < -0.39 is 62.5 Å². The summed E-state index contributed by atoms with van der Waals surface area (Å²) in [5.74, 6) is -4.80. The first-order chi connectivity index (χ1) is 16.8. The van der Waals surface area contributed by atoms with Gasteiger partial charge in [-0.3, -0.25) is 13.9 Å². The molecule has 5 atom stereocenters. The summed E-state index contributed by atoms with van der Waals surface area (Å²) < 4.78 is 64.6. The van der Waals surface area contributed by atoms with Gasteiger partial charge in [-0.05, 0) is 39.0 Å². The Morgan fingerprint density at radius 1 is 1.31 bits per heavy atom. The van der Waals surface area contributed by atoms with Crippen molar-refractivity contribution in [3.05, 3.63) is 53.1 Å². The highest BCUT2D eigenvalue weighted by atomic mass is 31.2. The number of carbonyl (C=O) groups is 1. The number of nitrogens with one attached hydrogen (secondary N) is 1. The Labute approximate surface area is 204 Å². The van der Waals surface area contributed by atoms with Crippen LogP contribution in [0.5, 0.6) is 5.75 Å². The van der Waals surface area contributed by atoms with Crippen molar-refractivity contribution in [2.24, 2.45) is 0 Å². The number of halogens is 2. The molecule has 36 heavy (non-hydrogen) atoms. The van der Waals surface area contributed by atoms with Gasteiger partial charge in [0.05, 0.1) is 12.7 Å². The maximum atomic E-state index is 14.8. The van der Waals surface area contributed by atoms with Crippen LogP contribution in [-0.4, -0.2) is 57.5 Å². The minimum absolute atomic E-state index is 0.0911. The molecule has 3 rings (SSSR count). The lowest BCUT2D eigenvalue weighted by Gasteiger charge is -2.25. The third kappa shape index (κ3) is 6.45. The first-order valence-corrected chi connectivity index (χ1v) is 12.4. The maximum absolute atomic E-state index is 14.8. The third-order valence-electron chi connectivity index (χ3n) is 4.92. The van der Waals surface area contributed by atoms with E-state index in [1.165, 1.54) is 19.1 Å². The predicted octanol–water partition coefficient (Wildman–Crippen LogP) is 1.85. The second kappa shape index (κ2) is 11.0. The van der Waals surface area contributed by atoms with Crippen molar-refractivity contribution in [3.63, 3.8) is 0 Å². The number of rotatable bonds is 10. The number of para-hydroxylation sites is 1. The summed E-state index contributed by atoms with van der Waals surface area (Å²) in [6, 6.07) is 7.70. The van der Waals surface area contributed by atoms with Crippen LogP contribution in [0.3, 0.4) is 0 Å². The summed E-state index contributed by atoms with van der Waals surface area (Å²) in [4.78, 5) is 27.6. The van der Waals surface area contributed by atoms with E-state index in [9.17, 15) is 28.0 Å². The number of nitrogen functional groups attached to an aromatic ring is 1. The number of ether oxygens (including phenoxy) is 2. The quantitative estimate of drug-likeness (QED) is 0.302. The highest BCUT2D eigenvalue weighted by molar-refractivity contribution is 7.52. The summed E-state index contributed by atoms with van der Waals surface area (Å²) in [6.07, 6.45) is -5.91. The average Bonchev–Trinajstić information content (AvgIpc) is 3.01. The minimum atomic E-state index is -4.41. The highest BCUT2D eigenvalue weighted by Crippen LogP contribution is 2.48. The molecule has 198 valence electrons. The van der Waals surface area contributed by atoms with Crippen molar-refractivity contribution in [2.75, 3.05) is 12.3 Å². The highest BCUT2D eigenvalue weighted by Gasteiger charge is 2.60. The van der Waals surface area contributed by atoms with Crippen molar-refractivity contribution < 1.29 is 41.8 Å². The number of aliphatic hydroxyl groups is 1. The summed E-state index contributed by atoms with van der Waals surface area (Å²) in [5, 5.41) is 12.6. The predicted molar refractivity (Wildman–Crippen MR) is 122 cm³/mol. The molecular formula is C21H27F2N4O8P. The lowest BCUT2D eigenvalue weighted by Crippen LogP contribution is -2.42. The fraction of sp³-hybridized carbons (Fsp3) is 0.476. The molecule has 0 amide bonds. The van der Waals surface area contributed by atoms with Crippen LogP contribution in [0.25, 0.3) is 0 Å². The summed E-state index contributed by atoms with van der Waals surface area (Å²) >= 11 is 0. The number of hydrogen-bond donors (Lipinski definition) is 3. The van der Waals surface area contributed by atoms with Crippen LogP contribution in [0.15, 0.2) is 47.4 Å². The van der Waals surface area contributed by atoms with Crippen molar-refractivity contribution >= 4 is 19.5 Å². The van der Waals surface area contributed by atoms with Crippen LogP contribution in [-0.2, 0) is 23.4 Å². The van der Waals surface area contributed by atoms with Gasteiger partial charge in [-0.15, -0.1) is 0 Å². The molecule has 1 fully saturated rings. The van der Waals surface area contributed by atoms with Crippen LogP contribution in [0, 0.1) is 0 Å². The molecule has 0 saturated carbocycles. The molecular weight excluding hydrogens is 505 g/mol. The van der Waals surface area contributed by atoms with Gasteiger partial charge in [-0.25, -0.2) is 9.36 Å². The third-order valence-corrected chi connectivity index (χ3v) is 6.56. The molecule has 0 radical (unpaired) electrons. The van der Waals surface area contributed by atoms with E-state index in [2.05, 4.69) is 10.1 Å². The standard InChI is InChI=1S/C21H27F2N4O8P/c1-12(2)33-18(29)13(3)26-36(31,35-14-7-5-4-6-8-14)32-11-15-17(28)21(22,23)19(34-15)27-10-9-16(24)25-20(27)30/h4-10,12-13,15,17,19,28H,11H2,1-3H3,(H,26,31)(H2,24,25,30)/t13-,15-,17-,19?,36?/m1/s1. The summed E-state index contributed by atoms with van der Waals surface area (Å²) in [6.45, 7) is 3.74. The second-order valence-corrected chi connectivity index (χ2v) is 9.92. The first-order valence-electron chi connectivity index (χ1n) is 10.9. The number of carbonyl (C=O) groups excluding carboxylic acids is 1. The van der Waals surface area contributed by atoms with Gasteiger partial charge < -0.3 is 24.8 Å². The molecule has 0 bridgehead atoms. The zero-order valence-corrected chi connectivity index (χ0v) is 20.5. The van der Waals surface area contributed by atoms with Gasteiger partial charge in [0.2, 0.25) is 6.23 Å². The van der Waals surface area contributed by atoms with E-state index in [0.717, 1.165) is 12.3 Å². The van der Waals surface area contributed by atoms with Gasteiger partial charge in [-0.1, -0.05) is 18.2 Å². The number of benzene rings is 1. The topological polar surface area (TPSA) is 164 Å². The number of anilines is 1. The molecule has 2 heterocycles. The number of alkyl halides is 2. The molecule has 1 aromatic carbocycles. The Morgan fingerprint density at radius 2 is 1.97 bits per heavy atom. The normalized spacial score (nSPS) is 23.7. The molecule has 15 heteroatoms. The van der Waals surface area contributed by atoms with E-state index in [1.54, 1.807) is 32.0 Å². The Bertz CT molecular complexity index is 1170. The van der Waals surface area contributed by atoms with E-state index in [1.807, 2.05) is 0 Å².